The maximum Gasteiger partial charge on any atom is 2.00 e. The van der Waals surface area contributed by atoms with Gasteiger partial charge < -0.3 is 49.5 Å². The third-order valence-corrected chi connectivity index (χ3v) is 1.25. The summed E-state index contributed by atoms with van der Waals surface area (Å²) in [5.74, 6) is -5.98. The van der Waals surface area contributed by atoms with Gasteiger partial charge in [0.25, 0.3) is 0 Å². The Kier molecular flexibility index (Phi) is 17.5. The van der Waals surface area contributed by atoms with Crippen LogP contribution in [0.2, 0.25) is 0 Å². The molecule has 14 heteroatoms. The van der Waals surface area contributed by atoms with Gasteiger partial charge in [-0.3, -0.25) is 0 Å². The molecule has 0 aromatic carbocycles. The van der Waals surface area contributed by atoms with E-state index in [4.69, 9.17) is 24.4 Å². The van der Waals surface area contributed by atoms with E-state index in [1.165, 1.54) is 0 Å². The summed E-state index contributed by atoms with van der Waals surface area (Å²) < 4.78 is 8.88. The van der Waals surface area contributed by atoms with Gasteiger partial charge in [-0.15, -0.1) is 0 Å². The Morgan fingerprint density at radius 2 is 1.15 bits per heavy atom. The van der Waals surface area contributed by atoms with Crippen molar-refractivity contribution in [3.05, 3.63) is 0 Å². The van der Waals surface area contributed by atoms with Crippen molar-refractivity contribution in [1.82, 2.24) is 0 Å². The molecule has 0 aliphatic rings. The number of phosphoric acid groups is 1. The van der Waals surface area contributed by atoms with Crippen LogP contribution in [-0.4, -0.2) is 43.3 Å². The molecule has 0 aliphatic carbocycles. The van der Waals surface area contributed by atoms with Crippen molar-refractivity contribution in [2.75, 3.05) is 0 Å². The summed E-state index contributed by atoms with van der Waals surface area (Å²) in [5, 5.41) is 38.9. The van der Waals surface area contributed by atoms with Gasteiger partial charge in [0.05, 0.1) is 5.97 Å². The number of carboxylic acid groups (broad SMARTS) is 3. The minimum absolute atomic E-state index is 0. The number of hydrogen-bond donors (Lipinski definition) is 4. The van der Waals surface area contributed by atoms with Crippen LogP contribution in [0, 0.1) is 0 Å². The second-order valence-electron chi connectivity index (χ2n) is 2.93. The summed E-state index contributed by atoms with van der Waals surface area (Å²) >= 11 is 0. The topological polar surface area (TPSA) is 218 Å². The second kappa shape index (κ2) is 12.2. The zero-order chi connectivity index (χ0) is 15.1. The predicted octanol–water partition coefficient (Wildman–Crippen LogP) is -9.18. The van der Waals surface area contributed by atoms with Crippen molar-refractivity contribution in [3.63, 3.8) is 0 Å². The first-order valence-corrected chi connectivity index (χ1v) is 5.46. The summed E-state index contributed by atoms with van der Waals surface area (Å²) in [6, 6.07) is 0. The van der Waals surface area contributed by atoms with Crippen LogP contribution in [0.1, 0.15) is 12.8 Å². The van der Waals surface area contributed by atoms with Crippen LogP contribution in [0.3, 0.4) is 0 Å². The molecule has 0 rings (SSSR count). The number of carboxylic acids is 3. The molecule has 0 unspecified atom stereocenters. The zero-order valence-corrected chi connectivity index (χ0v) is 15.0. The smallest absolute Gasteiger partial charge is 0.550 e. The van der Waals surface area contributed by atoms with Crippen LogP contribution in [0.25, 0.3) is 0 Å². The molecule has 0 atom stereocenters. The number of carbonyl (C=O) groups excluding carboxylic acids is 3. The average Bonchev–Trinajstić information content (AvgIpc) is 1.95. The molecule has 0 heterocycles. The van der Waals surface area contributed by atoms with Gasteiger partial charge in [-0.1, -0.05) is 0 Å². The fourth-order valence-corrected chi connectivity index (χ4v) is 0.684. The van der Waals surface area contributed by atoms with Crippen molar-refractivity contribution in [1.29, 1.82) is 0 Å². The Morgan fingerprint density at radius 3 is 1.25 bits per heavy atom. The summed E-state index contributed by atoms with van der Waals surface area (Å²) in [6.45, 7) is 0. The molecule has 0 aromatic rings. The normalized spacial score (nSPS) is 10.0. The van der Waals surface area contributed by atoms with E-state index in [1.807, 2.05) is 0 Å². The monoisotopic (exact) mass is 382 g/mol. The summed E-state index contributed by atoms with van der Waals surface area (Å²) in [4.78, 5) is 51.6. The van der Waals surface area contributed by atoms with Gasteiger partial charge in [0.2, 0.25) is 0 Å². The average molecular weight is 382 g/mol. The third-order valence-electron chi connectivity index (χ3n) is 1.25. The Hall–Kier alpha value is 0.636. The number of aliphatic carboxylic acids is 3. The molecule has 0 amide bonds. The van der Waals surface area contributed by atoms with Gasteiger partial charge in [0.15, 0.2) is 0 Å². The molecule has 11 nitrogen and oxygen atoms in total. The van der Waals surface area contributed by atoms with Gasteiger partial charge >= 0.3 is 76.3 Å². The Bertz CT molecular complexity index is 355. The first kappa shape index (κ1) is 28.7. The van der Waals surface area contributed by atoms with Crippen LogP contribution in [0.4, 0.5) is 0 Å². The Labute approximate surface area is 165 Å². The van der Waals surface area contributed by atoms with E-state index in [2.05, 4.69) is 0 Å². The molecule has 112 valence electrons. The van der Waals surface area contributed by atoms with Crippen LogP contribution >= 0.6 is 7.82 Å². The largest absolute Gasteiger partial charge is 2.00 e. The van der Waals surface area contributed by atoms with Crippen molar-refractivity contribution < 1.29 is 123 Å². The van der Waals surface area contributed by atoms with E-state index in [9.17, 15) is 29.7 Å². The molecule has 0 aromatic heterocycles. The van der Waals surface area contributed by atoms with Gasteiger partial charge in [-0.2, -0.15) is 0 Å². The number of hydrogen-bond acceptors (Lipinski definition) is 8. The van der Waals surface area contributed by atoms with Crippen LogP contribution in [0.15, 0.2) is 0 Å². The molecule has 0 fully saturated rings. The molecular formula is C6H8FeKO11P. The van der Waals surface area contributed by atoms with E-state index in [-0.39, 0.29) is 68.5 Å². The van der Waals surface area contributed by atoms with Gasteiger partial charge in [0, 0.05) is 24.8 Å². The third kappa shape index (κ3) is 20.9. The number of rotatable bonds is 5. The van der Waals surface area contributed by atoms with E-state index in [0.29, 0.717) is 0 Å². The minimum atomic E-state index is -4.64. The molecular weight excluding hydrogens is 374 g/mol. The van der Waals surface area contributed by atoms with Gasteiger partial charge in [-0.05, 0) is 0 Å². The molecule has 0 spiro atoms. The second-order valence-corrected chi connectivity index (χ2v) is 3.96. The first-order valence-electron chi connectivity index (χ1n) is 3.90. The van der Waals surface area contributed by atoms with E-state index < -0.39 is 44.2 Å². The van der Waals surface area contributed by atoms with Crippen molar-refractivity contribution in [2.24, 2.45) is 0 Å². The number of aliphatic hydroxyl groups is 1. The van der Waals surface area contributed by atoms with Crippen molar-refractivity contribution in [2.45, 2.75) is 18.4 Å². The minimum Gasteiger partial charge on any atom is -0.550 e. The van der Waals surface area contributed by atoms with Crippen LogP contribution < -0.4 is 66.7 Å². The maximum atomic E-state index is 10.1. The van der Waals surface area contributed by atoms with Crippen molar-refractivity contribution >= 4 is 25.7 Å². The standard InChI is InChI=1S/C6H8O7.Fe.K.H3O4P/c7-3(8)1-6(13,5(11)12)2-4(9)10;;;1-5(2,3)4/h13H,1-2H2,(H,7,8)(H,9,10)(H,11,12);;;(H3,1,2,3,4)/q;+2;+1;/p-3. The first-order chi connectivity index (χ1) is 7.78. The molecule has 4 N–H and O–H groups in total. The maximum absolute atomic E-state index is 10.1. The SMILES string of the molecule is O=C([O-])CC(O)(CC(=O)[O-])C(=O)[O-].O=P(O)(O)O.[Fe+2].[K+]. The van der Waals surface area contributed by atoms with E-state index in [0.717, 1.165) is 0 Å². The van der Waals surface area contributed by atoms with E-state index in [1.54, 1.807) is 0 Å². The zero-order valence-electron chi connectivity index (χ0n) is 9.86. The molecule has 0 aliphatic heterocycles. The fraction of sp³-hybridized carbons (Fsp3) is 0.500. The predicted molar refractivity (Wildman–Crippen MR) is 43.5 cm³/mol. The molecule has 0 bridgehead atoms. The fourth-order valence-electron chi connectivity index (χ4n) is 0.684. The summed E-state index contributed by atoms with van der Waals surface area (Å²) in [5.41, 5.74) is -2.97. The van der Waals surface area contributed by atoms with Crippen LogP contribution in [0.5, 0.6) is 0 Å². The van der Waals surface area contributed by atoms with Gasteiger partial charge in [0.1, 0.15) is 5.60 Å². The summed E-state index contributed by atoms with van der Waals surface area (Å²) in [7, 11) is -4.64. The van der Waals surface area contributed by atoms with Crippen LogP contribution in [-0.2, 0) is 36.0 Å². The quantitative estimate of drug-likeness (QED) is 0.258. The Morgan fingerprint density at radius 1 is 0.950 bits per heavy atom. The van der Waals surface area contributed by atoms with Crippen molar-refractivity contribution in [3.8, 4) is 0 Å². The Balaban J connectivity index is -0.000000158. The molecule has 0 saturated carbocycles. The molecule has 0 saturated heterocycles. The van der Waals surface area contributed by atoms with E-state index >= 15 is 0 Å². The van der Waals surface area contributed by atoms with Gasteiger partial charge in [-0.25, -0.2) is 4.57 Å². The molecule has 20 heavy (non-hydrogen) atoms. The summed E-state index contributed by atoms with van der Waals surface area (Å²) in [6.07, 6.45) is -2.72. The molecule has 0 radical (unpaired) electrons. The number of carbonyl (C=O) groups is 3.